The molecule has 3 rings (SSSR count). The van der Waals surface area contributed by atoms with Gasteiger partial charge in [0.1, 0.15) is 0 Å². The zero-order valence-electron chi connectivity index (χ0n) is 14.0. The van der Waals surface area contributed by atoms with Crippen molar-refractivity contribution in [3.63, 3.8) is 0 Å². The molecule has 4 nitrogen and oxygen atoms in total. The van der Waals surface area contributed by atoms with Crippen molar-refractivity contribution in [2.24, 2.45) is 0 Å². The van der Waals surface area contributed by atoms with Crippen LogP contribution in [0.25, 0.3) is 10.8 Å². The fourth-order valence-electron chi connectivity index (χ4n) is 2.64. The molecule has 0 saturated carbocycles. The van der Waals surface area contributed by atoms with E-state index in [1.54, 1.807) is 0 Å². The van der Waals surface area contributed by atoms with Crippen LogP contribution in [0.15, 0.2) is 54.6 Å². The molecule has 3 aromatic rings. The van der Waals surface area contributed by atoms with Crippen molar-refractivity contribution in [1.82, 2.24) is 0 Å². The Balaban J connectivity index is 1.60. The molecule has 0 aromatic heterocycles. The topological polar surface area (TPSA) is 55.4 Å². The lowest BCUT2D eigenvalue weighted by molar-refractivity contribution is -0.146. The molecule has 0 unspecified atom stereocenters. The van der Waals surface area contributed by atoms with Crippen LogP contribution in [-0.4, -0.2) is 18.5 Å². The molecule has 7 heteroatoms. The standard InChI is InChI=1S/C20H14Cl3NO3/c21-14-9-16(22)20(17(23)10-14)24-18(25)11-27-19(26)8-13-6-3-5-12-4-1-2-7-15(12)13/h1-7,9-10H,8,11H2,(H,24,25). The minimum atomic E-state index is -0.549. The number of amides is 1. The monoisotopic (exact) mass is 421 g/mol. The minimum absolute atomic E-state index is 0.0666. The number of carbonyl (C=O) groups excluding carboxylic acids is 2. The summed E-state index contributed by atoms with van der Waals surface area (Å²) in [6.45, 7) is -0.446. The largest absolute Gasteiger partial charge is 0.455 e. The maximum atomic E-state index is 12.1. The van der Waals surface area contributed by atoms with Crippen LogP contribution in [0.1, 0.15) is 5.56 Å². The Morgan fingerprint density at radius 3 is 2.33 bits per heavy atom. The molecule has 0 bridgehead atoms. The van der Waals surface area contributed by atoms with Gasteiger partial charge in [0.05, 0.1) is 22.2 Å². The highest BCUT2D eigenvalue weighted by molar-refractivity contribution is 6.42. The molecule has 1 N–H and O–H groups in total. The van der Waals surface area contributed by atoms with E-state index in [4.69, 9.17) is 39.5 Å². The molecule has 0 atom stereocenters. The van der Waals surface area contributed by atoms with Crippen molar-refractivity contribution in [3.8, 4) is 0 Å². The lowest BCUT2D eigenvalue weighted by atomic mass is 10.0. The van der Waals surface area contributed by atoms with Crippen molar-refractivity contribution in [2.75, 3.05) is 11.9 Å². The second kappa shape index (κ2) is 8.61. The van der Waals surface area contributed by atoms with E-state index >= 15 is 0 Å². The summed E-state index contributed by atoms with van der Waals surface area (Å²) in [6.07, 6.45) is 0.0666. The number of esters is 1. The van der Waals surface area contributed by atoms with Crippen molar-refractivity contribution in [2.45, 2.75) is 6.42 Å². The van der Waals surface area contributed by atoms with Crippen LogP contribution in [-0.2, 0) is 20.7 Å². The third-order valence-corrected chi connectivity index (χ3v) is 4.66. The molecule has 0 saturated heterocycles. The number of halogens is 3. The fraction of sp³-hybridized carbons (Fsp3) is 0.100. The smallest absolute Gasteiger partial charge is 0.310 e. The average molecular weight is 423 g/mol. The summed E-state index contributed by atoms with van der Waals surface area (Å²) in [6, 6.07) is 16.4. The van der Waals surface area contributed by atoms with Gasteiger partial charge in [0, 0.05) is 5.02 Å². The molecule has 0 aliphatic rings. The van der Waals surface area contributed by atoms with E-state index in [0.29, 0.717) is 5.02 Å². The number of rotatable bonds is 5. The highest BCUT2D eigenvalue weighted by Crippen LogP contribution is 2.33. The number of carbonyl (C=O) groups is 2. The van der Waals surface area contributed by atoms with Crippen molar-refractivity contribution in [3.05, 3.63) is 75.2 Å². The first-order valence-corrected chi connectivity index (χ1v) is 9.14. The molecule has 0 fully saturated rings. The third-order valence-electron chi connectivity index (χ3n) is 3.85. The number of anilines is 1. The van der Waals surface area contributed by atoms with Crippen LogP contribution in [0.2, 0.25) is 15.1 Å². The summed E-state index contributed by atoms with van der Waals surface area (Å²) < 4.78 is 5.07. The Labute approximate surface area is 171 Å². The first-order chi connectivity index (χ1) is 12.9. The van der Waals surface area contributed by atoms with Crippen LogP contribution in [0.4, 0.5) is 5.69 Å². The molecule has 0 radical (unpaired) electrons. The summed E-state index contributed by atoms with van der Waals surface area (Å²) >= 11 is 17.9. The van der Waals surface area contributed by atoms with Gasteiger partial charge in [-0.25, -0.2) is 0 Å². The Hall–Kier alpha value is -2.27. The van der Waals surface area contributed by atoms with Gasteiger partial charge in [-0.1, -0.05) is 77.3 Å². The van der Waals surface area contributed by atoms with Gasteiger partial charge in [-0.05, 0) is 28.5 Å². The highest BCUT2D eigenvalue weighted by Gasteiger charge is 2.14. The van der Waals surface area contributed by atoms with Crippen molar-refractivity contribution >= 4 is 63.1 Å². The zero-order chi connectivity index (χ0) is 19.4. The Morgan fingerprint density at radius 2 is 1.59 bits per heavy atom. The van der Waals surface area contributed by atoms with E-state index in [0.717, 1.165) is 16.3 Å². The quantitative estimate of drug-likeness (QED) is 0.550. The fourth-order valence-corrected chi connectivity index (χ4v) is 3.55. The second-order valence-electron chi connectivity index (χ2n) is 5.77. The van der Waals surface area contributed by atoms with E-state index in [1.807, 2.05) is 42.5 Å². The van der Waals surface area contributed by atoms with Gasteiger partial charge in [0.2, 0.25) is 0 Å². The summed E-state index contributed by atoms with van der Waals surface area (Å²) in [5.41, 5.74) is 1.06. The first-order valence-electron chi connectivity index (χ1n) is 8.00. The van der Waals surface area contributed by atoms with Gasteiger partial charge in [-0.3, -0.25) is 9.59 Å². The van der Waals surface area contributed by atoms with Crippen molar-refractivity contribution < 1.29 is 14.3 Å². The predicted octanol–water partition coefficient (Wildman–Crippen LogP) is 5.52. The van der Waals surface area contributed by atoms with Crippen LogP contribution in [0, 0.1) is 0 Å². The molecule has 138 valence electrons. The number of fused-ring (bicyclic) bond motifs is 1. The van der Waals surface area contributed by atoms with Gasteiger partial charge < -0.3 is 10.1 Å². The summed E-state index contributed by atoms with van der Waals surface area (Å²) in [4.78, 5) is 24.2. The first kappa shape index (κ1) is 19.5. The van der Waals surface area contributed by atoms with Crippen molar-refractivity contribution in [1.29, 1.82) is 0 Å². The van der Waals surface area contributed by atoms with Gasteiger partial charge in [0.15, 0.2) is 6.61 Å². The lowest BCUT2D eigenvalue weighted by Gasteiger charge is -2.11. The minimum Gasteiger partial charge on any atom is -0.455 e. The molecule has 0 spiro atoms. The van der Waals surface area contributed by atoms with Gasteiger partial charge in [-0.15, -0.1) is 0 Å². The lowest BCUT2D eigenvalue weighted by Crippen LogP contribution is -2.22. The second-order valence-corrected chi connectivity index (χ2v) is 7.02. The van der Waals surface area contributed by atoms with E-state index < -0.39 is 18.5 Å². The normalized spacial score (nSPS) is 10.6. The third kappa shape index (κ3) is 4.92. The summed E-state index contributed by atoms with van der Waals surface area (Å²) in [5.74, 6) is -1.05. The molecule has 3 aromatic carbocycles. The molecule has 27 heavy (non-hydrogen) atoms. The average Bonchev–Trinajstić information content (AvgIpc) is 2.63. The van der Waals surface area contributed by atoms with Crippen LogP contribution < -0.4 is 5.32 Å². The Bertz CT molecular complexity index is 992. The molecule has 0 heterocycles. The maximum Gasteiger partial charge on any atom is 0.310 e. The number of ether oxygens (including phenoxy) is 1. The van der Waals surface area contributed by atoms with E-state index in [1.165, 1.54) is 12.1 Å². The maximum absolute atomic E-state index is 12.1. The molecular weight excluding hydrogens is 409 g/mol. The number of hydrogen-bond donors (Lipinski definition) is 1. The number of hydrogen-bond acceptors (Lipinski definition) is 3. The van der Waals surface area contributed by atoms with E-state index in [-0.39, 0.29) is 22.2 Å². The summed E-state index contributed by atoms with van der Waals surface area (Å²) in [5, 5.41) is 5.27. The molecule has 0 aliphatic heterocycles. The summed E-state index contributed by atoms with van der Waals surface area (Å²) in [7, 11) is 0. The zero-order valence-corrected chi connectivity index (χ0v) is 16.2. The molecule has 1 amide bonds. The number of nitrogens with one attached hydrogen (secondary N) is 1. The van der Waals surface area contributed by atoms with Crippen LogP contribution in [0.5, 0.6) is 0 Å². The predicted molar refractivity (Wildman–Crippen MR) is 109 cm³/mol. The highest BCUT2D eigenvalue weighted by atomic mass is 35.5. The van der Waals surface area contributed by atoms with Gasteiger partial charge in [0.25, 0.3) is 5.91 Å². The van der Waals surface area contributed by atoms with Gasteiger partial charge >= 0.3 is 5.97 Å². The van der Waals surface area contributed by atoms with Crippen LogP contribution in [0.3, 0.4) is 0 Å². The van der Waals surface area contributed by atoms with E-state index in [9.17, 15) is 9.59 Å². The van der Waals surface area contributed by atoms with Crippen LogP contribution >= 0.6 is 34.8 Å². The molecule has 0 aliphatic carbocycles. The SMILES string of the molecule is O=C(COC(=O)Cc1cccc2ccccc12)Nc1c(Cl)cc(Cl)cc1Cl. The Kier molecular flexibility index (Phi) is 6.22. The van der Waals surface area contributed by atoms with Gasteiger partial charge in [-0.2, -0.15) is 0 Å². The van der Waals surface area contributed by atoms with E-state index in [2.05, 4.69) is 5.32 Å². The molecular formula is C20H14Cl3NO3. The Morgan fingerprint density at radius 1 is 0.926 bits per heavy atom. The number of benzene rings is 3.